The zero-order valence-electron chi connectivity index (χ0n) is 17.2. The number of aromatic nitrogens is 3. The molecular weight excluding hydrogens is 390 g/mol. The maximum absolute atomic E-state index is 12.5. The minimum Gasteiger partial charge on any atom is -0.357 e. The number of carbonyl (C=O) groups is 1. The van der Waals surface area contributed by atoms with E-state index in [0.717, 1.165) is 41.7 Å². The van der Waals surface area contributed by atoms with E-state index in [1.165, 1.54) is 10.5 Å². The number of hydrogen-bond donors (Lipinski definition) is 3. The van der Waals surface area contributed by atoms with Gasteiger partial charge in [-0.15, -0.1) is 11.8 Å². The molecular formula is C24H23N5O2. The topological polar surface area (TPSA) is 91.3 Å². The van der Waals surface area contributed by atoms with Crippen molar-refractivity contribution >= 4 is 22.5 Å². The number of nitrogens with one attached hydrogen (secondary N) is 3. The number of benzene rings is 1. The Bertz CT molecular complexity index is 1360. The first-order chi connectivity index (χ1) is 15.1. The van der Waals surface area contributed by atoms with E-state index in [1.54, 1.807) is 24.4 Å². The van der Waals surface area contributed by atoms with Gasteiger partial charge in [-0.05, 0) is 42.1 Å². The molecule has 3 heterocycles. The molecule has 156 valence electrons. The number of nitrogens with zero attached hydrogens (tertiary/aromatic N) is 2. The van der Waals surface area contributed by atoms with E-state index in [9.17, 15) is 9.59 Å². The summed E-state index contributed by atoms with van der Waals surface area (Å²) in [6.07, 6.45) is 2.46. The fourth-order valence-electron chi connectivity index (χ4n) is 3.38. The predicted molar refractivity (Wildman–Crippen MR) is 121 cm³/mol. The van der Waals surface area contributed by atoms with Crippen molar-refractivity contribution in [3.05, 3.63) is 82.0 Å². The van der Waals surface area contributed by atoms with Crippen LogP contribution in [0, 0.1) is 11.8 Å². The molecule has 7 heteroatoms. The highest BCUT2D eigenvalue weighted by Crippen LogP contribution is 2.17. The molecule has 3 aromatic heterocycles. The lowest BCUT2D eigenvalue weighted by Crippen LogP contribution is -2.26. The van der Waals surface area contributed by atoms with E-state index >= 15 is 0 Å². The fraction of sp³-hybridized carbons (Fsp3) is 0.208. The van der Waals surface area contributed by atoms with E-state index in [1.807, 2.05) is 25.1 Å². The first kappa shape index (κ1) is 20.4. The molecule has 0 saturated heterocycles. The summed E-state index contributed by atoms with van der Waals surface area (Å²) < 4.78 is 1.40. The van der Waals surface area contributed by atoms with Crippen molar-refractivity contribution in [2.75, 3.05) is 6.54 Å². The largest absolute Gasteiger partial charge is 0.357 e. The van der Waals surface area contributed by atoms with E-state index in [2.05, 4.69) is 38.5 Å². The second-order valence-electron chi connectivity index (χ2n) is 7.16. The molecule has 0 bridgehead atoms. The van der Waals surface area contributed by atoms with E-state index in [0.29, 0.717) is 12.2 Å². The molecule has 0 saturated carbocycles. The van der Waals surface area contributed by atoms with Gasteiger partial charge in [-0.3, -0.25) is 14.0 Å². The highest BCUT2D eigenvalue weighted by atomic mass is 16.2. The van der Waals surface area contributed by atoms with Crippen molar-refractivity contribution in [2.24, 2.45) is 0 Å². The average Bonchev–Trinajstić information content (AvgIpc) is 3.19. The molecule has 3 N–H and O–H groups in total. The number of hydrogen-bond acceptors (Lipinski definition) is 4. The monoisotopic (exact) mass is 413 g/mol. The lowest BCUT2D eigenvalue weighted by Gasteiger charge is -2.06. The van der Waals surface area contributed by atoms with Crippen molar-refractivity contribution in [3.8, 4) is 11.8 Å². The second-order valence-corrected chi connectivity index (χ2v) is 7.16. The Balaban J connectivity index is 1.41. The average molecular weight is 413 g/mol. The van der Waals surface area contributed by atoms with Crippen LogP contribution in [0.3, 0.4) is 0 Å². The number of pyridine rings is 1. The second kappa shape index (κ2) is 9.28. The van der Waals surface area contributed by atoms with Gasteiger partial charge in [-0.2, -0.15) is 0 Å². The molecule has 4 rings (SSSR count). The normalized spacial score (nSPS) is 10.7. The Kier molecular flexibility index (Phi) is 6.11. The van der Waals surface area contributed by atoms with Crippen molar-refractivity contribution in [1.82, 2.24) is 25.0 Å². The number of amides is 1. The van der Waals surface area contributed by atoms with Crippen LogP contribution in [-0.4, -0.2) is 26.8 Å². The van der Waals surface area contributed by atoms with Gasteiger partial charge >= 0.3 is 0 Å². The molecule has 1 aromatic carbocycles. The van der Waals surface area contributed by atoms with Gasteiger partial charge in [0, 0.05) is 49.5 Å². The first-order valence-corrected chi connectivity index (χ1v) is 10.1. The third kappa shape index (κ3) is 4.82. The highest BCUT2D eigenvalue weighted by Gasteiger charge is 2.11. The van der Waals surface area contributed by atoms with Crippen LogP contribution in [-0.2, 0) is 13.1 Å². The predicted octanol–water partition coefficient (Wildman–Crippen LogP) is 2.61. The molecule has 0 aliphatic rings. The lowest BCUT2D eigenvalue weighted by molar-refractivity contribution is 0.0946. The maximum atomic E-state index is 12.5. The third-order valence-electron chi connectivity index (χ3n) is 4.92. The van der Waals surface area contributed by atoms with Crippen LogP contribution >= 0.6 is 0 Å². The number of aromatic amines is 1. The molecule has 7 nitrogen and oxygen atoms in total. The smallest absolute Gasteiger partial charge is 0.270 e. The Morgan fingerprint density at radius 2 is 2.06 bits per heavy atom. The molecule has 0 fully saturated rings. The molecule has 0 atom stereocenters. The summed E-state index contributed by atoms with van der Waals surface area (Å²) in [4.78, 5) is 32.4. The van der Waals surface area contributed by atoms with Crippen molar-refractivity contribution in [2.45, 2.75) is 26.4 Å². The number of fused-ring (bicyclic) bond motifs is 2. The van der Waals surface area contributed by atoms with Crippen molar-refractivity contribution in [1.29, 1.82) is 0 Å². The first-order valence-electron chi connectivity index (χ1n) is 10.1. The fourth-order valence-corrected chi connectivity index (χ4v) is 3.38. The Morgan fingerprint density at radius 1 is 1.16 bits per heavy atom. The number of rotatable bonds is 7. The van der Waals surface area contributed by atoms with Gasteiger partial charge in [0.15, 0.2) is 0 Å². The summed E-state index contributed by atoms with van der Waals surface area (Å²) in [5.41, 5.74) is 3.33. The SMILES string of the molecule is CC#CCCNCc1cc2ccc(CNC(=O)c3cc(=O)n4ccccc4n3)cc2[nH]1. The zero-order valence-corrected chi connectivity index (χ0v) is 17.2. The Morgan fingerprint density at radius 3 is 2.94 bits per heavy atom. The van der Waals surface area contributed by atoms with Crippen molar-refractivity contribution in [3.63, 3.8) is 0 Å². The van der Waals surface area contributed by atoms with Crippen LogP contribution in [0.25, 0.3) is 16.6 Å². The van der Waals surface area contributed by atoms with Gasteiger partial charge in [0.25, 0.3) is 11.5 Å². The lowest BCUT2D eigenvalue weighted by atomic mass is 10.1. The third-order valence-corrected chi connectivity index (χ3v) is 4.92. The molecule has 4 aromatic rings. The maximum Gasteiger partial charge on any atom is 0.270 e. The minimum absolute atomic E-state index is 0.110. The van der Waals surface area contributed by atoms with Crippen LogP contribution in [0.15, 0.2) is 59.5 Å². The minimum atomic E-state index is -0.380. The molecule has 0 unspecified atom stereocenters. The van der Waals surface area contributed by atoms with Gasteiger partial charge in [-0.25, -0.2) is 4.98 Å². The Hall–Kier alpha value is -3.89. The summed E-state index contributed by atoms with van der Waals surface area (Å²) in [5, 5.41) is 7.32. The van der Waals surface area contributed by atoms with Crippen LogP contribution < -0.4 is 16.2 Å². The number of H-pyrrole nitrogens is 1. The highest BCUT2D eigenvalue weighted by molar-refractivity contribution is 5.92. The van der Waals surface area contributed by atoms with Gasteiger partial charge in [0.05, 0.1) is 0 Å². The molecule has 0 spiro atoms. The molecule has 0 radical (unpaired) electrons. The summed E-state index contributed by atoms with van der Waals surface area (Å²) in [6, 6.07) is 14.6. The molecule has 0 aliphatic carbocycles. The summed E-state index contributed by atoms with van der Waals surface area (Å²) in [6.45, 7) is 3.78. The molecule has 1 amide bonds. The van der Waals surface area contributed by atoms with Gasteiger partial charge < -0.3 is 15.6 Å². The Labute approximate surface area is 179 Å². The van der Waals surface area contributed by atoms with Crippen LogP contribution in [0.5, 0.6) is 0 Å². The van der Waals surface area contributed by atoms with Gasteiger partial charge in [-0.1, -0.05) is 18.2 Å². The summed E-state index contributed by atoms with van der Waals surface area (Å²) in [5.74, 6) is 5.54. The standard InChI is InChI=1S/C24H23N5O2/c1-2-3-5-10-25-16-19-13-18-9-8-17(12-20(18)27-19)15-26-24(31)21-14-23(30)29-11-6-4-7-22(29)28-21/h4,6-9,11-14,25,27H,5,10,15-16H2,1H3,(H,26,31). The van der Waals surface area contributed by atoms with E-state index in [4.69, 9.17) is 0 Å². The van der Waals surface area contributed by atoms with Crippen LogP contribution in [0.4, 0.5) is 0 Å². The summed E-state index contributed by atoms with van der Waals surface area (Å²) >= 11 is 0. The summed E-state index contributed by atoms with van der Waals surface area (Å²) in [7, 11) is 0. The molecule has 31 heavy (non-hydrogen) atoms. The number of carbonyl (C=O) groups excluding carboxylic acids is 1. The van der Waals surface area contributed by atoms with Crippen LogP contribution in [0.2, 0.25) is 0 Å². The van der Waals surface area contributed by atoms with Crippen LogP contribution in [0.1, 0.15) is 35.1 Å². The zero-order chi connectivity index (χ0) is 21.6. The van der Waals surface area contributed by atoms with Gasteiger partial charge in [0.1, 0.15) is 11.3 Å². The van der Waals surface area contributed by atoms with Gasteiger partial charge in [0.2, 0.25) is 0 Å². The van der Waals surface area contributed by atoms with E-state index < -0.39 is 0 Å². The quantitative estimate of drug-likeness (QED) is 0.321. The van der Waals surface area contributed by atoms with E-state index in [-0.39, 0.29) is 17.2 Å². The molecule has 0 aliphatic heterocycles. The van der Waals surface area contributed by atoms with Crippen molar-refractivity contribution < 1.29 is 4.79 Å².